The zero-order valence-corrected chi connectivity index (χ0v) is 11.7. The van der Waals surface area contributed by atoms with Crippen molar-refractivity contribution in [1.82, 2.24) is 9.55 Å². The normalized spacial score (nSPS) is 11.4. The van der Waals surface area contributed by atoms with Crippen LogP contribution in [0.4, 0.5) is 0 Å². The fourth-order valence-corrected chi connectivity index (χ4v) is 1.67. The van der Waals surface area contributed by atoms with Gasteiger partial charge in [-0.15, -0.1) is 12.4 Å². The summed E-state index contributed by atoms with van der Waals surface area (Å²) >= 11 is 0. The monoisotopic (exact) mass is 272 g/mol. The molecule has 1 aromatic rings. The van der Waals surface area contributed by atoms with Crippen molar-refractivity contribution in [3.8, 4) is 0 Å². The largest absolute Gasteiger partial charge is 0.478 e. The van der Waals surface area contributed by atoms with Crippen molar-refractivity contribution >= 4 is 18.4 Å². The average Bonchev–Trinajstić information content (AvgIpc) is 2.75. The second kappa shape index (κ2) is 7.93. The van der Waals surface area contributed by atoms with Crippen LogP contribution in [0, 0.1) is 5.41 Å². The average molecular weight is 273 g/mol. The fourth-order valence-electron chi connectivity index (χ4n) is 1.67. The Kier molecular flexibility index (Phi) is 7.36. The Morgan fingerprint density at radius 2 is 2.17 bits per heavy atom. The SMILES string of the molecule is CC(C)(/C=C/C(=O)O)CCCCn1ccnc1.Cl. The van der Waals surface area contributed by atoms with E-state index >= 15 is 0 Å². The fraction of sp³-hybridized carbons (Fsp3) is 0.538. The van der Waals surface area contributed by atoms with Gasteiger partial charge in [0.05, 0.1) is 6.33 Å². The van der Waals surface area contributed by atoms with Crippen LogP contribution in [0.2, 0.25) is 0 Å². The highest BCUT2D eigenvalue weighted by Crippen LogP contribution is 2.24. The molecule has 0 unspecified atom stereocenters. The Morgan fingerprint density at radius 3 is 2.72 bits per heavy atom. The number of nitrogens with zero attached hydrogens (tertiary/aromatic N) is 2. The molecular weight excluding hydrogens is 252 g/mol. The quantitative estimate of drug-likeness (QED) is 0.613. The number of aryl methyl sites for hydroxylation is 1. The summed E-state index contributed by atoms with van der Waals surface area (Å²) in [7, 11) is 0. The molecule has 4 nitrogen and oxygen atoms in total. The molecule has 0 aromatic carbocycles. The Hall–Kier alpha value is -1.29. The maximum Gasteiger partial charge on any atom is 0.327 e. The van der Waals surface area contributed by atoms with Gasteiger partial charge >= 0.3 is 5.97 Å². The minimum absolute atomic E-state index is 0. The molecule has 0 amide bonds. The van der Waals surface area contributed by atoms with Crippen LogP contribution in [0.5, 0.6) is 0 Å². The molecule has 0 aliphatic carbocycles. The Labute approximate surface area is 114 Å². The van der Waals surface area contributed by atoms with E-state index in [0.29, 0.717) is 0 Å². The minimum Gasteiger partial charge on any atom is -0.478 e. The smallest absolute Gasteiger partial charge is 0.327 e. The number of imidazole rings is 1. The Morgan fingerprint density at radius 1 is 1.44 bits per heavy atom. The van der Waals surface area contributed by atoms with E-state index in [0.717, 1.165) is 25.8 Å². The van der Waals surface area contributed by atoms with Crippen LogP contribution in [0.25, 0.3) is 0 Å². The predicted molar refractivity (Wildman–Crippen MR) is 73.9 cm³/mol. The van der Waals surface area contributed by atoms with Gasteiger partial charge in [0.1, 0.15) is 0 Å². The molecule has 0 aliphatic rings. The van der Waals surface area contributed by atoms with Crippen LogP contribution in [0.15, 0.2) is 30.9 Å². The van der Waals surface area contributed by atoms with Crippen molar-refractivity contribution in [2.75, 3.05) is 0 Å². The number of halogens is 1. The number of hydrogen-bond acceptors (Lipinski definition) is 2. The van der Waals surface area contributed by atoms with Gasteiger partial charge in [0.25, 0.3) is 0 Å². The third-order valence-electron chi connectivity index (χ3n) is 2.72. The molecule has 0 atom stereocenters. The number of carboxylic acid groups (broad SMARTS) is 1. The summed E-state index contributed by atoms with van der Waals surface area (Å²) in [6.45, 7) is 5.09. The first-order chi connectivity index (χ1) is 7.99. The van der Waals surface area contributed by atoms with Crippen molar-refractivity contribution in [3.05, 3.63) is 30.9 Å². The minimum atomic E-state index is -0.878. The van der Waals surface area contributed by atoms with Crippen LogP contribution in [-0.4, -0.2) is 20.6 Å². The highest BCUT2D eigenvalue weighted by Gasteiger charge is 2.13. The number of carboxylic acids is 1. The molecule has 0 aliphatic heterocycles. The highest BCUT2D eigenvalue weighted by molar-refractivity contribution is 5.85. The summed E-state index contributed by atoms with van der Waals surface area (Å²) in [5.41, 5.74) is -0.0483. The maximum atomic E-state index is 10.4. The summed E-state index contributed by atoms with van der Waals surface area (Å²) in [6.07, 6.45) is 11.7. The van der Waals surface area contributed by atoms with Crippen molar-refractivity contribution < 1.29 is 9.90 Å². The summed E-state index contributed by atoms with van der Waals surface area (Å²) in [6, 6.07) is 0. The molecule has 0 bridgehead atoms. The van der Waals surface area contributed by atoms with E-state index in [4.69, 9.17) is 5.11 Å². The number of unbranched alkanes of at least 4 members (excludes halogenated alkanes) is 1. The zero-order valence-electron chi connectivity index (χ0n) is 10.9. The molecule has 1 N–H and O–H groups in total. The van der Waals surface area contributed by atoms with Gasteiger partial charge in [0.15, 0.2) is 0 Å². The Bertz CT molecular complexity index is 372. The molecule has 1 rings (SSSR count). The van der Waals surface area contributed by atoms with Gasteiger partial charge in [-0.2, -0.15) is 0 Å². The van der Waals surface area contributed by atoms with Crippen LogP contribution in [0.3, 0.4) is 0 Å². The molecule has 1 heterocycles. The molecule has 102 valence electrons. The highest BCUT2D eigenvalue weighted by atomic mass is 35.5. The van der Waals surface area contributed by atoms with E-state index in [-0.39, 0.29) is 17.8 Å². The molecule has 0 saturated heterocycles. The molecule has 0 saturated carbocycles. The first-order valence-corrected chi connectivity index (χ1v) is 5.87. The first-order valence-electron chi connectivity index (χ1n) is 5.87. The van der Waals surface area contributed by atoms with Gasteiger partial charge in [-0.3, -0.25) is 0 Å². The lowest BCUT2D eigenvalue weighted by atomic mass is 9.87. The molecule has 1 aromatic heterocycles. The summed E-state index contributed by atoms with van der Waals surface area (Å²) < 4.78 is 2.06. The van der Waals surface area contributed by atoms with Crippen LogP contribution < -0.4 is 0 Å². The van der Waals surface area contributed by atoms with Crippen LogP contribution in [-0.2, 0) is 11.3 Å². The molecule has 5 heteroatoms. The van der Waals surface area contributed by atoms with Gasteiger partial charge in [0.2, 0.25) is 0 Å². The summed E-state index contributed by atoms with van der Waals surface area (Å²) in [5, 5.41) is 8.58. The number of hydrogen-bond donors (Lipinski definition) is 1. The molecule has 0 radical (unpaired) electrons. The number of aromatic nitrogens is 2. The van der Waals surface area contributed by atoms with Gasteiger partial charge in [-0.1, -0.05) is 26.3 Å². The third-order valence-corrected chi connectivity index (χ3v) is 2.72. The standard InChI is InChI=1S/C13H20N2O2.ClH/c1-13(2,7-5-12(16)17)6-3-4-9-15-10-8-14-11-15;/h5,7-8,10-11H,3-4,6,9H2,1-2H3,(H,16,17);1H/b7-5+;. The first kappa shape index (κ1) is 16.7. The topological polar surface area (TPSA) is 55.1 Å². The van der Waals surface area contributed by atoms with Gasteiger partial charge in [-0.05, 0) is 18.3 Å². The van der Waals surface area contributed by atoms with Crippen molar-refractivity contribution in [2.45, 2.75) is 39.7 Å². The van der Waals surface area contributed by atoms with E-state index in [1.165, 1.54) is 6.08 Å². The van der Waals surface area contributed by atoms with Crippen molar-refractivity contribution in [2.24, 2.45) is 5.41 Å². The second-order valence-electron chi connectivity index (χ2n) is 4.92. The number of aliphatic carboxylic acids is 1. The zero-order chi connectivity index (χ0) is 12.7. The van der Waals surface area contributed by atoms with Crippen molar-refractivity contribution in [1.29, 1.82) is 0 Å². The lowest BCUT2D eigenvalue weighted by Crippen LogP contribution is -2.08. The predicted octanol–water partition coefficient (Wildman–Crippen LogP) is 3.14. The molecule has 0 fully saturated rings. The van der Waals surface area contributed by atoms with E-state index in [2.05, 4.69) is 23.4 Å². The molecular formula is C13H21ClN2O2. The third kappa shape index (κ3) is 7.12. The summed E-state index contributed by atoms with van der Waals surface area (Å²) in [4.78, 5) is 14.4. The van der Waals surface area contributed by atoms with E-state index in [9.17, 15) is 4.79 Å². The van der Waals surface area contributed by atoms with E-state index < -0.39 is 5.97 Å². The lowest BCUT2D eigenvalue weighted by Gasteiger charge is -2.19. The van der Waals surface area contributed by atoms with Crippen molar-refractivity contribution in [3.63, 3.8) is 0 Å². The number of allylic oxidation sites excluding steroid dienone is 1. The molecule has 0 spiro atoms. The molecule has 18 heavy (non-hydrogen) atoms. The van der Waals surface area contributed by atoms with Gasteiger partial charge in [0, 0.05) is 25.0 Å². The summed E-state index contributed by atoms with van der Waals surface area (Å²) in [5.74, 6) is -0.878. The second-order valence-corrected chi connectivity index (χ2v) is 4.92. The Balaban J connectivity index is 0.00000289. The maximum absolute atomic E-state index is 10.4. The van der Waals surface area contributed by atoms with Gasteiger partial charge in [-0.25, -0.2) is 9.78 Å². The van der Waals surface area contributed by atoms with Gasteiger partial charge < -0.3 is 9.67 Å². The van der Waals surface area contributed by atoms with Crippen LogP contribution >= 0.6 is 12.4 Å². The van der Waals surface area contributed by atoms with E-state index in [1.54, 1.807) is 12.3 Å². The van der Waals surface area contributed by atoms with E-state index in [1.807, 2.05) is 12.5 Å². The lowest BCUT2D eigenvalue weighted by molar-refractivity contribution is -0.131. The van der Waals surface area contributed by atoms with Crippen LogP contribution in [0.1, 0.15) is 33.1 Å². The number of carbonyl (C=O) groups is 1. The number of rotatable bonds is 7.